The summed E-state index contributed by atoms with van der Waals surface area (Å²) < 4.78 is 5.08. The molecule has 0 bridgehead atoms. The average molecular weight is 431 g/mol. The molecule has 4 nitrogen and oxygen atoms in total. The average Bonchev–Trinajstić information content (AvgIpc) is 3.18. The van der Waals surface area contributed by atoms with E-state index >= 15 is 0 Å². The first-order chi connectivity index (χ1) is 13.6. The van der Waals surface area contributed by atoms with Gasteiger partial charge in [-0.15, -0.1) is 0 Å². The van der Waals surface area contributed by atoms with E-state index < -0.39 is 0 Å². The van der Waals surface area contributed by atoms with Gasteiger partial charge >= 0.3 is 5.97 Å². The topological polar surface area (TPSA) is 44.8 Å². The maximum Gasteiger partial charge on any atom is 0.333 e. The Hall–Kier alpha value is -0.590. The van der Waals surface area contributed by atoms with Crippen LogP contribution in [-0.2, 0) is 19.3 Å². The van der Waals surface area contributed by atoms with E-state index in [9.17, 15) is 4.79 Å². The van der Waals surface area contributed by atoms with Crippen molar-refractivity contribution in [3.8, 4) is 0 Å². The van der Waals surface area contributed by atoms with Crippen molar-refractivity contribution in [2.24, 2.45) is 0 Å². The lowest BCUT2D eigenvalue weighted by molar-refractivity contribution is -0.264. The number of hydrogen-bond acceptors (Lipinski definition) is 6. The minimum Gasteiger partial charge on any atom is -0.462 e. The van der Waals surface area contributed by atoms with E-state index in [1.807, 2.05) is 21.6 Å². The highest BCUT2D eigenvalue weighted by atomic mass is 33.1. The Labute approximate surface area is 179 Å². The van der Waals surface area contributed by atoms with E-state index in [-0.39, 0.29) is 5.97 Å². The Morgan fingerprint density at radius 3 is 2.21 bits per heavy atom. The maximum absolute atomic E-state index is 11.2. The number of unbranched alkanes of at least 4 members (excludes halogenated alkanes) is 7. The minimum atomic E-state index is -0.280. The van der Waals surface area contributed by atoms with Crippen LogP contribution in [0.25, 0.3) is 0 Å². The molecule has 1 aliphatic heterocycles. The van der Waals surface area contributed by atoms with Crippen molar-refractivity contribution in [2.75, 3.05) is 19.0 Å². The van der Waals surface area contributed by atoms with Crippen LogP contribution in [0.4, 0.5) is 0 Å². The Balaban J connectivity index is 1.75. The summed E-state index contributed by atoms with van der Waals surface area (Å²) in [5.74, 6) is 1.77. The summed E-state index contributed by atoms with van der Waals surface area (Å²) in [6.07, 6.45) is 13.8. The predicted octanol–water partition coefficient (Wildman–Crippen LogP) is 7.01. The van der Waals surface area contributed by atoms with E-state index in [1.54, 1.807) is 6.92 Å². The molecule has 0 aliphatic carbocycles. The molecule has 162 valence electrons. The quantitative estimate of drug-likeness (QED) is 0.0443. The Morgan fingerprint density at radius 2 is 1.61 bits per heavy atom. The normalized spacial score (nSPS) is 16.1. The second-order valence-electron chi connectivity index (χ2n) is 7.41. The van der Waals surface area contributed by atoms with E-state index in [0.29, 0.717) is 18.8 Å². The van der Waals surface area contributed by atoms with Crippen molar-refractivity contribution in [1.82, 2.24) is 0 Å². The molecule has 1 atom stereocenters. The second-order valence-corrected chi connectivity index (χ2v) is 10.2. The summed E-state index contributed by atoms with van der Waals surface area (Å²) in [6, 6.07) is 0. The fourth-order valence-corrected chi connectivity index (χ4v) is 5.90. The summed E-state index contributed by atoms with van der Waals surface area (Å²) in [6.45, 7) is 10.3. The van der Waals surface area contributed by atoms with Gasteiger partial charge in [0.15, 0.2) is 0 Å². The molecule has 0 radical (unpaired) electrons. The van der Waals surface area contributed by atoms with Crippen molar-refractivity contribution in [1.29, 1.82) is 0 Å². The van der Waals surface area contributed by atoms with Gasteiger partial charge < -0.3 is 9.62 Å². The number of ether oxygens (including phenoxy) is 1. The summed E-state index contributed by atoms with van der Waals surface area (Å²) >= 11 is 0. The fraction of sp³-hybridized carbons (Fsp3) is 0.773. The number of esters is 1. The van der Waals surface area contributed by atoms with Crippen LogP contribution >= 0.6 is 21.6 Å². The van der Waals surface area contributed by atoms with Crippen molar-refractivity contribution < 1.29 is 19.3 Å². The zero-order chi connectivity index (χ0) is 20.5. The molecule has 28 heavy (non-hydrogen) atoms. The van der Waals surface area contributed by atoms with E-state index in [1.165, 1.54) is 50.7 Å². The standard InChI is InChI=1S/C22H38O4S2/c1-19(2)22(23)24-16-10-8-6-4-5-7-9-11-17-25-26-20(3)13-12-14-21-15-18-27-28-21/h21H,1,3-18H2,2H3. The van der Waals surface area contributed by atoms with Gasteiger partial charge in [-0.3, -0.25) is 0 Å². The monoisotopic (exact) mass is 430 g/mol. The molecular formula is C22H38O4S2. The van der Waals surface area contributed by atoms with Gasteiger partial charge in [0.2, 0.25) is 0 Å². The van der Waals surface area contributed by atoms with Crippen LogP contribution < -0.4 is 0 Å². The molecule has 6 heteroatoms. The lowest BCUT2D eigenvalue weighted by Gasteiger charge is -2.09. The smallest absolute Gasteiger partial charge is 0.333 e. The molecule has 0 aromatic carbocycles. The third-order valence-electron chi connectivity index (χ3n) is 4.59. The predicted molar refractivity (Wildman–Crippen MR) is 121 cm³/mol. The van der Waals surface area contributed by atoms with Crippen LogP contribution in [0, 0.1) is 0 Å². The van der Waals surface area contributed by atoms with Crippen molar-refractivity contribution in [3.63, 3.8) is 0 Å². The number of carbonyl (C=O) groups is 1. The van der Waals surface area contributed by atoms with Crippen LogP contribution in [0.3, 0.4) is 0 Å². The van der Waals surface area contributed by atoms with E-state index in [4.69, 9.17) is 14.5 Å². The molecule has 1 saturated heterocycles. The number of carbonyl (C=O) groups excluding carboxylic acids is 1. The van der Waals surface area contributed by atoms with E-state index in [2.05, 4.69) is 13.2 Å². The minimum absolute atomic E-state index is 0.280. The van der Waals surface area contributed by atoms with Gasteiger partial charge in [-0.25, -0.2) is 4.79 Å². The zero-order valence-electron chi connectivity index (χ0n) is 17.5. The molecule has 1 aliphatic rings. The van der Waals surface area contributed by atoms with Crippen molar-refractivity contribution in [2.45, 2.75) is 89.2 Å². The molecule has 1 heterocycles. The molecule has 1 unspecified atom stereocenters. The first-order valence-electron chi connectivity index (χ1n) is 10.7. The second kappa shape index (κ2) is 17.3. The zero-order valence-corrected chi connectivity index (χ0v) is 19.2. The third kappa shape index (κ3) is 14.4. The van der Waals surface area contributed by atoms with Crippen LogP contribution in [-0.4, -0.2) is 30.2 Å². The summed E-state index contributed by atoms with van der Waals surface area (Å²) in [4.78, 5) is 21.8. The van der Waals surface area contributed by atoms with Crippen LogP contribution in [0.5, 0.6) is 0 Å². The van der Waals surface area contributed by atoms with Gasteiger partial charge in [0.25, 0.3) is 0 Å². The lowest BCUT2D eigenvalue weighted by Crippen LogP contribution is -2.05. The highest BCUT2D eigenvalue weighted by Crippen LogP contribution is 2.40. The Morgan fingerprint density at radius 1 is 0.964 bits per heavy atom. The molecule has 1 fully saturated rings. The van der Waals surface area contributed by atoms with Crippen LogP contribution in [0.15, 0.2) is 24.5 Å². The SMILES string of the molecule is C=C(CCCC1CCSS1)OOCCCCCCCCCCOC(=O)C(=C)C. The highest BCUT2D eigenvalue weighted by molar-refractivity contribution is 8.77. The van der Waals surface area contributed by atoms with Gasteiger partial charge in [-0.1, -0.05) is 73.3 Å². The van der Waals surface area contributed by atoms with Gasteiger partial charge in [-0.2, -0.15) is 4.89 Å². The first-order valence-corrected chi connectivity index (χ1v) is 13.1. The number of allylic oxidation sites excluding steroid dienone is 1. The van der Waals surface area contributed by atoms with Crippen molar-refractivity contribution >= 4 is 27.6 Å². The molecule has 0 N–H and O–H groups in total. The summed E-state index contributed by atoms with van der Waals surface area (Å²) in [5.41, 5.74) is 0.469. The van der Waals surface area contributed by atoms with E-state index in [0.717, 1.165) is 43.1 Å². The highest BCUT2D eigenvalue weighted by Gasteiger charge is 2.15. The maximum atomic E-state index is 11.2. The summed E-state index contributed by atoms with van der Waals surface area (Å²) in [5, 5.41) is 0.817. The molecule has 0 spiro atoms. The molecular weight excluding hydrogens is 392 g/mol. The third-order valence-corrected chi connectivity index (χ3v) is 7.60. The van der Waals surface area contributed by atoms with Crippen molar-refractivity contribution in [3.05, 3.63) is 24.5 Å². The van der Waals surface area contributed by atoms with Gasteiger partial charge in [0.1, 0.15) is 5.76 Å². The molecule has 0 aromatic heterocycles. The number of rotatable bonds is 18. The fourth-order valence-electron chi connectivity index (χ4n) is 2.87. The van der Waals surface area contributed by atoms with Crippen LogP contribution in [0.2, 0.25) is 0 Å². The van der Waals surface area contributed by atoms with Gasteiger partial charge in [0.05, 0.1) is 13.2 Å². The first kappa shape index (κ1) is 25.4. The molecule has 0 saturated carbocycles. The Kier molecular flexibility index (Phi) is 15.7. The van der Waals surface area contributed by atoms with Gasteiger partial charge in [0, 0.05) is 23.0 Å². The number of hydrogen-bond donors (Lipinski definition) is 0. The van der Waals surface area contributed by atoms with Gasteiger partial charge in [-0.05, 0) is 39.0 Å². The largest absolute Gasteiger partial charge is 0.462 e. The molecule has 0 aromatic rings. The molecule has 0 amide bonds. The summed E-state index contributed by atoms with van der Waals surface area (Å²) in [7, 11) is 4.02. The lowest BCUT2D eigenvalue weighted by atomic mass is 10.1. The van der Waals surface area contributed by atoms with Crippen LogP contribution in [0.1, 0.15) is 84.0 Å². The Bertz CT molecular complexity index is 448. The molecule has 1 rings (SSSR count).